The molecule has 0 spiro atoms. The van der Waals surface area contributed by atoms with E-state index in [2.05, 4.69) is 5.10 Å². The fourth-order valence-corrected chi connectivity index (χ4v) is 2.84. The summed E-state index contributed by atoms with van der Waals surface area (Å²) in [4.78, 5) is 13.0. The van der Waals surface area contributed by atoms with Crippen molar-refractivity contribution in [2.24, 2.45) is 0 Å². The zero-order valence-corrected chi connectivity index (χ0v) is 12.8. The lowest BCUT2D eigenvalue weighted by molar-refractivity contribution is 0.103. The zero-order valence-electron chi connectivity index (χ0n) is 12.8. The van der Waals surface area contributed by atoms with Gasteiger partial charge in [-0.1, -0.05) is 48.5 Å². The predicted molar refractivity (Wildman–Crippen MR) is 92.2 cm³/mol. The van der Waals surface area contributed by atoms with Gasteiger partial charge in [0.05, 0.1) is 11.1 Å². The number of fused-ring (bicyclic) bond motifs is 1. The summed E-state index contributed by atoms with van der Waals surface area (Å²) in [5.41, 5.74) is 3.11. The average molecular weight is 314 g/mol. The minimum absolute atomic E-state index is 0.0430. The summed E-state index contributed by atoms with van der Waals surface area (Å²) in [6.45, 7) is 0. The molecule has 0 amide bonds. The number of pyridine rings is 1. The predicted octanol–water partition coefficient (Wildman–Crippen LogP) is 3.94. The summed E-state index contributed by atoms with van der Waals surface area (Å²) < 4.78 is 1.69. The number of carbonyl (C=O) groups is 1. The van der Waals surface area contributed by atoms with E-state index in [4.69, 9.17) is 0 Å². The lowest BCUT2D eigenvalue weighted by atomic mass is 9.98. The van der Waals surface area contributed by atoms with Gasteiger partial charge in [-0.25, -0.2) is 4.52 Å². The van der Waals surface area contributed by atoms with E-state index in [-0.39, 0.29) is 17.1 Å². The molecular weight excluding hydrogens is 300 g/mol. The van der Waals surface area contributed by atoms with E-state index in [1.165, 1.54) is 6.07 Å². The fourth-order valence-electron chi connectivity index (χ4n) is 2.84. The molecular formula is C20H14N2O2. The summed E-state index contributed by atoms with van der Waals surface area (Å²) in [5.74, 6) is -0.339. The van der Waals surface area contributed by atoms with Gasteiger partial charge in [-0.2, -0.15) is 5.10 Å². The Hall–Kier alpha value is -3.40. The smallest absolute Gasteiger partial charge is 0.217 e. The highest BCUT2D eigenvalue weighted by molar-refractivity contribution is 6.14. The molecule has 2 aromatic heterocycles. The Morgan fingerprint density at radius 2 is 1.58 bits per heavy atom. The molecule has 1 N–H and O–H groups in total. The van der Waals surface area contributed by atoms with Crippen molar-refractivity contribution in [3.63, 3.8) is 0 Å². The van der Waals surface area contributed by atoms with Gasteiger partial charge in [0.1, 0.15) is 11.4 Å². The molecule has 4 aromatic rings. The third-order valence-electron chi connectivity index (χ3n) is 3.97. The Kier molecular flexibility index (Phi) is 3.35. The molecule has 0 atom stereocenters. The van der Waals surface area contributed by atoms with Crippen LogP contribution in [0.1, 0.15) is 16.1 Å². The van der Waals surface area contributed by atoms with Crippen molar-refractivity contribution in [1.29, 1.82) is 0 Å². The number of ketones is 1. The molecule has 4 rings (SSSR count). The van der Waals surface area contributed by atoms with E-state index in [9.17, 15) is 9.90 Å². The van der Waals surface area contributed by atoms with Gasteiger partial charge in [0.2, 0.25) is 5.78 Å². The van der Waals surface area contributed by atoms with Gasteiger partial charge in [0.15, 0.2) is 0 Å². The van der Waals surface area contributed by atoms with Crippen LogP contribution in [0.4, 0.5) is 0 Å². The third kappa shape index (κ3) is 2.25. The first kappa shape index (κ1) is 14.2. The molecule has 0 bridgehead atoms. The second-order valence-corrected chi connectivity index (χ2v) is 5.47. The first-order valence-electron chi connectivity index (χ1n) is 7.61. The molecule has 4 nitrogen and oxygen atoms in total. The average Bonchev–Trinajstić information content (AvgIpc) is 3.02. The summed E-state index contributed by atoms with van der Waals surface area (Å²) in [6, 6.07) is 21.9. The molecule has 24 heavy (non-hydrogen) atoms. The van der Waals surface area contributed by atoms with E-state index in [1.807, 2.05) is 54.7 Å². The van der Waals surface area contributed by atoms with Crippen LogP contribution in [0.25, 0.3) is 16.6 Å². The number of phenolic OH excluding ortho intramolecular Hbond substituents is 1. The molecule has 0 unspecified atom stereocenters. The largest absolute Gasteiger partial charge is 0.507 e. The number of para-hydroxylation sites is 1. The van der Waals surface area contributed by atoms with E-state index in [0.29, 0.717) is 5.69 Å². The number of phenols is 1. The zero-order chi connectivity index (χ0) is 16.5. The van der Waals surface area contributed by atoms with Gasteiger partial charge in [-0.05, 0) is 29.8 Å². The summed E-state index contributed by atoms with van der Waals surface area (Å²) >= 11 is 0. The maximum absolute atomic E-state index is 13.0. The number of carbonyl (C=O) groups excluding carboxylic acids is 1. The van der Waals surface area contributed by atoms with E-state index >= 15 is 0 Å². The number of benzene rings is 2. The van der Waals surface area contributed by atoms with Crippen molar-refractivity contribution < 1.29 is 9.90 Å². The van der Waals surface area contributed by atoms with Crippen LogP contribution >= 0.6 is 0 Å². The summed E-state index contributed by atoms with van der Waals surface area (Å²) in [7, 11) is 0. The van der Waals surface area contributed by atoms with Crippen LogP contribution in [0.2, 0.25) is 0 Å². The Morgan fingerprint density at radius 3 is 2.38 bits per heavy atom. The number of aromatic hydroxyl groups is 1. The van der Waals surface area contributed by atoms with Crippen LogP contribution in [-0.2, 0) is 0 Å². The lowest BCUT2D eigenvalue weighted by Gasteiger charge is -2.04. The monoisotopic (exact) mass is 314 g/mol. The Labute approximate surface area is 138 Å². The fraction of sp³-hybridized carbons (Fsp3) is 0. The number of hydrogen-bond acceptors (Lipinski definition) is 3. The number of aromatic nitrogens is 2. The lowest BCUT2D eigenvalue weighted by Crippen LogP contribution is -2.04. The second-order valence-electron chi connectivity index (χ2n) is 5.47. The molecule has 4 heteroatoms. The van der Waals surface area contributed by atoms with Gasteiger partial charge < -0.3 is 5.11 Å². The van der Waals surface area contributed by atoms with Gasteiger partial charge in [0, 0.05) is 11.8 Å². The van der Waals surface area contributed by atoms with Crippen molar-refractivity contribution in [2.45, 2.75) is 0 Å². The highest BCUT2D eigenvalue weighted by Gasteiger charge is 2.23. The van der Waals surface area contributed by atoms with Crippen molar-refractivity contribution in [1.82, 2.24) is 9.61 Å². The van der Waals surface area contributed by atoms with Gasteiger partial charge in [-0.15, -0.1) is 0 Å². The Bertz CT molecular complexity index is 1040. The molecule has 0 saturated heterocycles. The first-order valence-corrected chi connectivity index (χ1v) is 7.61. The molecule has 0 radical (unpaired) electrons. The molecule has 0 aliphatic carbocycles. The molecule has 0 aliphatic heterocycles. The van der Waals surface area contributed by atoms with Crippen LogP contribution < -0.4 is 0 Å². The summed E-state index contributed by atoms with van der Waals surface area (Å²) in [5, 5.41) is 14.5. The van der Waals surface area contributed by atoms with Crippen molar-refractivity contribution in [3.05, 3.63) is 90.3 Å². The van der Waals surface area contributed by atoms with Crippen LogP contribution in [0.3, 0.4) is 0 Å². The molecule has 0 aliphatic rings. The van der Waals surface area contributed by atoms with Crippen LogP contribution in [0, 0.1) is 0 Å². The highest BCUT2D eigenvalue weighted by Crippen LogP contribution is 2.31. The van der Waals surface area contributed by atoms with Crippen LogP contribution in [0.15, 0.2) is 79.0 Å². The second kappa shape index (κ2) is 5.66. The van der Waals surface area contributed by atoms with Gasteiger partial charge >= 0.3 is 0 Å². The molecule has 0 fully saturated rings. The standard InChI is InChI=1S/C20H14N2O2/c23-17-12-5-4-10-15(17)20(24)19-18(14-8-2-1-3-9-14)16-11-6-7-13-22(16)21-19/h1-13,23H. The maximum atomic E-state index is 13.0. The van der Waals surface area contributed by atoms with Crippen LogP contribution in [0.5, 0.6) is 5.75 Å². The Morgan fingerprint density at radius 1 is 0.875 bits per heavy atom. The third-order valence-corrected chi connectivity index (χ3v) is 3.97. The number of nitrogens with zero attached hydrogens (tertiary/aromatic N) is 2. The minimum Gasteiger partial charge on any atom is -0.507 e. The Balaban J connectivity index is 1.99. The van der Waals surface area contributed by atoms with E-state index in [1.54, 1.807) is 22.7 Å². The van der Waals surface area contributed by atoms with Gasteiger partial charge in [0.25, 0.3) is 0 Å². The molecule has 2 heterocycles. The SMILES string of the molecule is O=C(c1ccccc1O)c1nn2ccccc2c1-c1ccccc1. The quantitative estimate of drug-likeness (QED) is 0.583. The number of hydrogen-bond donors (Lipinski definition) is 1. The van der Waals surface area contributed by atoms with Crippen molar-refractivity contribution in [2.75, 3.05) is 0 Å². The number of rotatable bonds is 3. The molecule has 116 valence electrons. The van der Waals surface area contributed by atoms with Crippen molar-refractivity contribution >= 4 is 11.3 Å². The van der Waals surface area contributed by atoms with E-state index < -0.39 is 0 Å². The van der Waals surface area contributed by atoms with Crippen LogP contribution in [-0.4, -0.2) is 20.5 Å². The maximum Gasteiger partial charge on any atom is 0.217 e. The molecule has 2 aromatic carbocycles. The van der Waals surface area contributed by atoms with Crippen molar-refractivity contribution in [3.8, 4) is 16.9 Å². The summed E-state index contributed by atoms with van der Waals surface area (Å²) in [6.07, 6.45) is 1.81. The first-order chi connectivity index (χ1) is 11.8. The van der Waals surface area contributed by atoms with E-state index in [0.717, 1.165) is 16.6 Å². The minimum atomic E-state index is -0.296. The molecule has 0 saturated carbocycles. The normalized spacial score (nSPS) is 10.8. The highest BCUT2D eigenvalue weighted by atomic mass is 16.3. The topological polar surface area (TPSA) is 54.6 Å². The van der Waals surface area contributed by atoms with Gasteiger partial charge in [-0.3, -0.25) is 4.79 Å².